The van der Waals surface area contributed by atoms with Crippen LogP contribution in [0.1, 0.15) is 0 Å². The van der Waals surface area contributed by atoms with E-state index in [1.54, 1.807) is 0 Å². The van der Waals surface area contributed by atoms with Crippen LogP contribution in [0.5, 0.6) is 0 Å². The maximum absolute atomic E-state index is 5.11. The molecule has 0 spiro atoms. The molecule has 0 bridgehead atoms. The summed E-state index contributed by atoms with van der Waals surface area (Å²) in [5, 5.41) is 0. The van der Waals surface area contributed by atoms with Gasteiger partial charge in [0, 0.05) is 18.2 Å². The SMILES string of the molecule is Cn1c2ccc(-c3cccc(-c4ccc5[nH]c6nc7ccccc7n6c5c4)n3)cc2n2c3ccccc3nc12. The molecule has 0 aliphatic rings. The number of H-pyrrole nitrogens is 1. The number of nitrogens with zero attached hydrogens (tertiary/aromatic N) is 6. The highest BCUT2D eigenvalue weighted by molar-refractivity contribution is 5.93. The van der Waals surface area contributed by atoms with E-state index < -0.39 is 0 Å². The van der Waals surface area contributed by atoms with Crippen molar-refractivity contribution in [1.82, 2.24) is 33.3 Å². The summed E-state index contributed by atoms with van der Waals surface area (Å²) in [7, 11) is 2.07. The van der Waals surface area contributed by atoms with Gasteiger partial charge in [0.1, 0.15) is 0 Å². The van der Waals surface area contributed by atoms with Crippen LogP contribution < -0.4 is 0 Å². The lowest BCUT2D eigenvalue weighted by atomic mass is 10.1. The Kier molecular flexibility index (Phi) is 3.87. The van der Waals surface area contributed by atoms with E-state index in [0.29, 0.717) is 0 Å². The first-order valence-electron chi connectivity index (χ1n) is 13.0. The third-order valence-corrected chi connectivity index (χ3v) is 7.81. The molecule has 0 aliphatic heterocycles. The van der Waals surface area contributed by atoms with Gasteiger partial charge >= 0.3 is 0 Å². The number of nitrogens with one attached hydrogen (secondary N) is 1. The highest BCUT2D eigenvalue weighted by Crippen LogP contribution is 2.31. The third kappa shape index (κ3) is 2.78. The van der Waals surface area contributed by atoms with Crippen molar-refractivity contribution >= 4 is 55.7 Å². The normalized spacial score (nSPS) is 12.2. The minimum Gasteiger partial charge on any atom is -0.323 e. The zero-order chi connectivity index (χ0) is 25.7. The lowest BCUT2D eigenvalue weighted by Crippen LogP contribution is -1.90. The van der Waals surface area contributed by atoms with Crippen molar-refractivity contribution < 1.29 is 0 Å². The average molecular weight is 504 g/mol. The van der Waals surface area contributed by atoms with Crippen molar-refractivity contribution in [1.29, 1.82) is 0 Å². The molecule has 39 heavy (non-hydrogen) atoms. The van der Waals surface area contributed by atoms with Gasteiger partial charge in [-0.05, 0) is 60.7 Å². The summed E-state index contributed by atoms with van der Waals surface area (Å²) >= 11 is 0. The van der Waals surface area contributed by atoms with Crippen molar-refractivity contribution in [2.45, 2.75) is 0 Å². The molecule has 184 valence electrons. The molecule has 9 rings (SSSR count). The first kappa shape index (κ1) is 20.6. The Morgan fingerprint density at radius 2 is 1.21 bits per heavy atom. The molecule has 0 saturated carbocycles. The number of fused-ring (bicyclic) bond motifs is 10. The minimum absolute atomic E-state index is 0.847. The highest BCUT2D eigenvalue weighted by Gasteiger charge is 2.16. The summed E-state index contributed by atoms with van der Waals surface area (Å²) < 4.78 is 6.57. The maximum Gasteiger partial charge on any atom is 0.215 e. The van der Waals surface area contributed by atoms with Gasteiger partial charge in [0.2, 0.25) is 11.6 Å². The Hall–Kier alpha value is -5.43. The molecule has 0 unspecified atom stereocenters. The van der Waals surface area contributed by atoms with Crippen LogP contribution in [0.4, 0.5) is 0 Å². The topological polar surface area (TPSA) is 68.2 Å². The molecule has 0 fully saturated rings. The fourth-order valence-corrected chi connectivity index (χ4v) is 5.94. The summed E-state index contributed by atoms with van der Waals surface area (Å²) in [5.41, 5.74) is 12.6. The Morgan fingerprint density at radius 1 is 0.538 bits per heavy atom. The van der Waals surface area contributed by atoms with Gasteiger partial charge in [-0.2, -0.15) is 0 Å². The zero-order valence-electron chi connectivity index (χ0n) is 21.0. The Morgan fingerprint density at radius 3 is 2.00 bits per heavy atom. The molecule has 0 atom stereocenters. The van der Waals surface area contributed by atoms with Crippen LogP contribution in [0.2, 0.25) is 0 Å². The summed E-state index contributed by atoms with van der Waals surface area (Å²) in [6, 6.07) is 35.7. The third-order valence-electron chi connectivity index (χ3n) is 7.81. The predicted octanol–water partition coefficient (Wildman–Crippen LogP) is 6.99. The molecule has 4 aromatic carbocycles. The lowest BCUT2D eigenvalue weighted by molar-refractivity contribution is 0.973. The molecule has 0 amide bonds. The predicted molar refractivity (Wildman–Crippen MR) is 156 cm³/mol. The van der Waals surface area contributed by atoms with Crippen LogP contribution in [0, 0.1) is 0 Å². The first-order chi connectivity index (χ1) is 19.2. The molecule has 0 saturated heterocycles. The number of aromatic nitrogens is 7. The van der Waals surface area contributed by atoms with Crippen molar-refractivity contribution in [2.24, 2.45) is 7.05 Å². The van der Waals surface area contributed by atoms with Crippen molar-refractivity contribution in [3.05, 3.63) is 103 Å². The number of aryl methyl sites for hydroxylation is 1. The first-order valence-corrected chi connectivity index (χ1v) is 13.0. The molecule has 1 N–H and O–H groups in total. The van der Waals surface area contributed by atoms with Crippen LogP contribution >= 0.6 is 0 Å². The van der Waals surface area contributed by atoms with Gasteiger partial charge in [0.05, 0.1) is 55.5 Å². The molecule has 9 aromatic rings. The fraction of sp³-hybridized carbons (Fsp3) is 0.0312. The molecule has 7 heteroatoms. The monoisotopic (exact) mass is 503 g/mol. The van der Waals surface area contributed by atoms with E-state index in [1.165, 1.54) is 0 Å². The smallest absolute Gasteiger partial charge is 0.215 e. The van der Waals surface area contributed by atoms with Gasteiger partial charge in [-0.3, -0.25) is 8.80 Å². The van der Waals surface area contributed by atoms with E-state index in [-0.39, 0.29) is 0 Å². The van der Waals surface area contributed by atoms with E-state index in [4.69, 9.17) is 15.0 Å². The summed E-state index contributed by atoms with van der Waals surface area (Å²) in [6.07, 6.45) is 0. The molecular weight excluding hydrogens is 482 g/mol. The van der Waals surface area contributed by atoms with Gasteiger partial charge in [-0.1, -0.05) is 42.5 Å². The summed E-state index contributed by atoms with van der Waals surface area (Å²) in [6.45, 7) is 0. The summed E-state index contributed by atoms with van der Waals surface area (Å²) in [5.74, 6) is 1.78. The van der Waals surface area contributed by atoms with Gasteiger partial charge < -0.3 is 9.55 Å². The standard InChI is InChI=1S/C32H21N7/c1-37-28-16-14-20(18-30(28)39-27-12-5-3-8-24(27)36-32(37)39)22-10-6-9-21(33-22)19-13-15-25-29(17-19)38-26-11-4-2-7-23(26)34-31(38)35-25/h2-18H,1H3,(H,34,35). The Bertz CT molecular complexity index is 2410. The average Bonchev–Trinajstić information content (AvgIpc) is 3.71. The number of imidazole rings is 4. The minimum atomic E-state index is 0.847. The van der Waals surface area contributed by atoms with Gasteiger partial charge in [-0.15, -0.1) is 0 Å². The van der Waals surface area contributed by atoms with Crippen molar-refractivity contribution in [3.63, 3.8) is 0 Å². The lowest BCUT2D eigenvalue weighted by Gasteiger charge is -2.07. The van der Waals surface area contributed by atoms with Crippen LogP contribution in [0.25, 0.3) is 78.2 Å². The zero-order valence-corrected chi connectivity index (χ0v) is 21.0. The van der Waals surface area contributed by atoms with Gasteiger partial charge in [-0.25, -0.2) is 15.0 Å². The fourth-order valence-electron chi connectivity index (χ4n) is 5.94. The quantitative estimate of drug-likeness (QED) is 0.276. The largest absolute Gasteiger partial charge is 0.323 e. The van der Waals surface area contributed by atoms with Crippen LogP contribution in [0.15, 0.2) is 103 Å². The Balaban J connectivity index is 1.21. The summed E-state index contributed by atoms with van der Waals surface area (Å²) in [4.78, 5) is 18.2. The second-order valence-electron chi connectivity index (χ2n) is 10.0. The van der Waals surface area contributed by atoms with E-state index >= 15 is 0 Å². The molecule has 7 nitrogen and oxygen atoms in total. The Labute approximate surface area is 221 Å². The number of hydrogen-bond donors (Lipinski definition) is 1. The number of pyridine rings is 1. The maximum atomic E-state index is 5.11. The van der Waals surface area contributed by atoms with Crippen LogP contribution in [-0.4, -0.2) is 33.3 Å². The van der Waals surface area contributed by atoms with Crippen molar-refractivity contribution in [3.8, 4) is 22.5 Å². The van der Waals surface area contributed by atoms with E-state index in [9.17, 15) is 0 Å². The van der Waals surface area contributed by atoms with Gasteiger partial charge in [0.25, 0.3) is 0 Å². The number of aromatic amines is 1. The second-order valence-corrected chi connectivity index (χ2v) is 10.0. The van der Waals surface area contributed by atoms with Crippen LogP contribution in [-0.2, 0) is 7.05 Å². The number of rotatable bonds is 2. The molecule has 0 aliphatic carbocycles. The molecule has 0 radical (unpaired) electrons. The molecule has 5 aromatic heterocycles. The van der Waals surface area contributed by atoms with Gasteiger partial charge in [0.15, 0.2) is 0 Å². The second kappa shape index (κ2) is 7.33. The van der Waals surface area contributed by atoms with E-state index in [1.807, 2.05) is 24.3 Å². The number of benzene rings is 4. The molecule has 5 heterocycles. The van der Waals surface area contributed by atoms with Crippen molar-refractivity contribution in [2.75, 3.05) is 0 Å². The van der Waals surface area contributed by atoms with E-state index in [2.05, 4.69) is 104 Å². The highest BCUT2D eigenvalue weighted by atomic mass is 15.2. The van der Waals surface area contributed by atoms with Crippen LogP contribution in [0.3, 0.4) is 0 Å². The van der Waals surface area contributed by atoms with E-state index in [0.717, 1.165) is 78.2 Å². The number of hydrogen-bond acceptors (Lipinski definition) is 3. The molecular formula is C32H21N7. The number of para-hydroxylation sites is 4.